The van der Waals surface area contributed by atoms with Crippen LogP contribution in [0.15, 0.2) is 24.3 Å². The number of hydrogen-bond donors (Lipinski definition) is 0. The van der Waals surface area contributed by atoms with E-state index in [0.717, 1.165) is 5.69 Å². The average Bonchev–Trinajstić information content (AvgIpc) is 2.15. The Morgan fingerprint density at radius 3 is 2.33 bits per heavy atom. The van der Waals surface area contributed by atoms with Crippen LogP contribution in [0.1, 0.15) is 25.3 Å². The Morgan fingerprint density at radius 2 is 1.83 bits per heavy atom. The van der Waals surface area contributed by atoms with Gasteiger partial charge in [0.15, 0.2) is 0 Å². The molecule has 0 fully saturated rings. The molecule has 0 bridgehead atoms. The molecule has 1 radical (unpaired) electrons. The van der Waals surface area contributed by atoms with Crippen molar-refractivity contribution in [2.45, 2.75) is 26.2 Å². The maximum absolute atomic E-state index is 4.09. The first-order valence-corrected chi connectivity index (χ1v) is 4.55. The van der Waals surface area contributed by atoms with E-state index in [0.29, 0.717) is 0 Å². The van der Waals surface area contributed by atoms with E-state index in [4.69, 9.17) is 0 Å². The van der Waals surface area contributed by atoms with Crippen molar-refractivity contribution in [1.29, 1.82) is 0 Å². The molecule has 0 aliphatic heterocycles. The molecule has 0 heterocycles. The van der Waals surface area contributed by atoms with Gasteiger partial charge >= 0.3 is 0 Å². The van der Waals surface area contributed by atoms with Crippen molar-refractivity contribution in [3.05, 3.63) is 29.8 Å². The lowest BCUT2D eigenvalue weighted by molar-refractivity contribution is 0.795. The Hall–Kier alpha value is -0.980. The Labute approximate surface area is 74.8 Å². The molecule has 0 aliphatic carbocycles. The molecular formula is C11H16N. The van der Waals surface area contributed by atoms with Gasteiger partial charge < -0.3 is 0 Å². The molecule has 1 aromatic rings. The molecule has 0 unspecified atom stereocenters. The van der Waals surface area contributed by atoms with Crippen LogP contribution >= 0.6 is 0 Å². The van der Waals surface area contributed by atoms with Crippen LogP contribution < -0.4 is 5.32 Å². The van der Waals surface area contributed by atoms with Gasteiger partial charge in [-0.1, -0.05) is 25.5 Å². The predicted molar refractivity (Wildman–Crippen MR) is 52.8 cm³/mol. The van der Waals surface area contributed by atoms with Crippen LogP contribution in [0.25, 0.3) is 0 Å². The van der Waals surface area contributed by atoms with Gasteiger partial charge in [-0.05, 0) is 30.5 Å². The van der Waals surface area contributed by atoms with Gasteiger partial charge in [-0.15, -0.1) is 0 Å². The van der Waals surface area contributed by atoms with Crippen LogP contribution in [0.4, 0.5) is 5.69 Å². The summed E-state index contributed by atoms with van der Waals surface area (Å²) in [5.74, 6) is 0. The average molecular weight is 162 g/mol. The molecule has 12 heavy (non-hydrogen) atoms. The standard InChI is InChI=1S/C11H16N/c1-3-4-5-10-6-8-11(12-2)9-7-10/h6-9H,3-5H2,1-2H3. The summed E-state index contributed by atoms with van der Waals surface area (Å²) in [5, 5.41) is 4.09. The summed E-state index contributed by atoms with van der Waals surface area (Å²) in [6, 6.07) is 8.48. The smallest absolute Gasteiger partial charge is 0.0571 e. The number of benzene rings is 1. The Morgan fingerprint density at radius 1 is 1.17 bits per heavy atom. The van der Waals surface area contributed by atoms with E-state index in [1.54, 1.807) is 0 Å². The van der Waals surface area contributed by atoms with Crippen molar-refractivity contribution >= 4 is 5.69 Å². The molecule has 1 rings (SSSR count). The van der Waals surface area contributed by atoms with Crippen LogP contribution in [-0.4, -0.2) is 7.05 Å². The number of aryl methyl sites for hydroxylation is 1. The van der Waals surface area contributed by atoms with E-state index < -0.39 is 0 Å². The van der Waals surface area contributed by atoms with Gasteiger partial charge in [0.2, 0.25) is 0 Å². The van der Waals surface area contributed by atoms with E-state index in [1.165, 1.54) is 24.8 Å². The second-order valence-corrected chi connectivity index (χ2v) is 2.99. The number of nitrogens with zero attached hydrogens (tertiary/aromatic N) is 1. The minimum Gasteiger partial charge on any atom is -0.289 e. The first-order valence-electron chi connectivity index (χ1n) is 4.55. The van der Waals surface area contributed by atoms with Gasteiger partial charge in [0.1, 0.15) is 0 Å². The zero-order chi connectivity index (χ0) is 8.81. The van der Waals surface area contributed by atoms with Gasteiger partial charge in [0.25, 0.3) is 0 Å². The fourth-order valence-electron chi connectivity index (χ4n) is 1.19. The molecule has 0 atom stereocenters. The Bertz CT molecular complexity index is 213. The highest BCUT2D eigenvalue weighted by Gasteiger charge is 1.92. The Balaban J connectivity index is 2.53. The third-order valence-electron chi connectivity index (χ3n) is 2.01. The Kier molecular flexibility index (Phi) is 3.65. The monoisotopic (exact) mass is 162 g/mol. The van der Waals surface area contributed by atoms with E-state index >= 15 is 0 Å². The second kappa shape index (κ2) is 4.81. The SMILES string of the molecule is CCCCc1ccc([N]C)cc1. The van der Waals surface area contributed by atoms with Gasteiger partial charge in [0, 0.05) is 7.05 Å². The van der Waals surface area contributed by atoms with Crippen molar-refractivity contribution in [3.8, 4) is 0 Å². The lowest BCUT2D eigenvalue weighted by Gasteiger charge is -2.00. The van der Waals surface area contributed by atoms with E-state index in [1.807, 2.05) is 7.05 Å². The second-order valence-electron chi connectivity index (χ2n) is 2.99. The maximum Gasteiger partial charge on any atom is 0.0571 e. The van der Waals surface area contributed by atoms with E-state index in [9.17, 15) is 0 Å². The zero-order valence-corrected chi connectivity index (χ0v) is 7.88. The first kappa shape index (κ1) is 9.11. The van der Waals surface area contributed by atoms with Crippen LogP contribution in [0, 0.1) is 0 Å². The van der Waals surface area contributed by atoms with Crippen LogP contribution in [0.5, 0.6) is 0 Å². The molecule has 0 saturated carbocycles. The van der Waals surface area contributed by atoms with Gasteiger partial charge in [-0.3, -0.25) is 5.32 Å². The molecule has 0 aromatic heterocycles. The predicted octanol–water partition coefficient (Wildman–Crippen LogP) is 2.89. The lowest BCUT2D eigenvalue weighted by Crippen LogP contribution is -1.88. The van der Waals surface area contributed by atoms with E-state index in [2.05, 4.69) is 36.5 Å². The zero-order valence-electron chi connectivity index (χ0n) is 7.88. The molecule has 0 aliphatic rings. The highest BCUT2D eigenvalue weighted by Crippen LogP contribution is 2.10. The number of rotatable bonds is 4. The van der Waals surface area contributed by atoms with Crippen molar-refractivity contribution in [3.63, 3.8) is 0 Å². The normalized spacial score (nSPS) is 9.83. The molecular weight excluding hydrogens is 146 g/mol. The minimum absolute atomic E-state index is 1.07. The molecule has 0 saturated heterocycles. The molecule has 0 amide bonds. The largest absolute Gasteiger partial charge is 0.289 e. The van der Waals surface area contributed by atoms with Crippen molar-refractivity contribution in [2.75, 3.05) is 7.05 Å². The molecule has 65 valence electrons. The molecule has 0 spiro atoms. The summed E-state index contributed by atoms with van der Waals surface area (Å²) >= 11 is 0. The van der Waals surface area contributed by atoms with Crippen molar-refractivity contribution in [1.82, 2.24) is 5.32 Å². The van der Waals surface area contributed by atoms with Gasteiger partial charge in [-0.25, -0.2) is 0 Å². The third-order valence-corrected chi connectivity index (χ3v) is 2.01. The van der Waals surface area contributed by atoms with Gasteiger partial charge in [-0.2, -0.15) is 0 Å². The summed E-state index contributed by atoms with van der Waals surface area (Å²) in [5.41, 5.74) is 2.49. The van der Waals surface area contributed by atoms with Crippen molar-refractivity contribution < 1.29 is 0 Å². The number of unbranched alkanes of at least 4 members (excludes halogenated alkanes) is 1. The van der Waals surface area contributed by atoms with Crippen LogP contribution in [0.2, 0.25) is 0 Å². The van der Waals surface area contributed by atoms with Crippen LogP contribution in [-0.2, 0) is 6.42 Å². The summed E-state index contributed by atoms with van der Waals surface area (Å²) < 4.78 is 0. The number of hydrogen-bond acceptors (Lipinski definition) is 0. The molecule has 1 aromatic carbocycles. The molecule has 1 nitrogen and oxygen atoms in total. The van der Waals surface area contributed by atoms with Gasteiger partial charge in [0.05, 0.1) is 5.69 Å². The minimum atomic E-state index is 1.07. The lowest BCUT2D eigenvalue weighted by atomic mass is 10.1. The molecule has 1 heteroatoms. The van der Waals surface area contributed by atoms with E-state index in [-0.39, 0.29) is 0 Å². The quantitative estimate of drug-likeness (QED) is 0.646. The first-order chi connectivity index (χ1) is 5.86. The highest BCUT2D eigenvalue weighted by molar-refractivity contribution is 5.37. The topological polar surface area (TPSA) is 14.1 Å². The summed E-state index contributed by atoms with van der Waals surface area (Å²) in [7, 11) is 1.82. The maximum atomic E-state index is 4.09. The summed E-state index contributed by atoms with van der Waals surface area (Å²) in [6.07, 6.45) is 3.74. The summed E-state index contributed by atoms with van der Waals surface area (Å²) in [6.45, 7) is 2.22. The highest BCUT2D eigenvalue weighted by atomic mass is 14.8. The fourth-order valence-corrected chi connectivity index (χ4v) is 1.19. The third kappa shape index (κ3) is 2.57. The fraction of sp³-hybridized carbons (Fsp3) is 0.455. The molecule has 0 N–H and O–H groups in total. The summed E-state index contributed by atoms with van der Waals surface area (Å²) in [4.78, 5) is 0. The van der Waals surface area contributed by atoms with Crippen LogP contribution in [0.3, 0.4) is 0 Å². The van der Waals surface area contributed by atoms with Crippen molar-refractivity contribution in [2.24, 2.45) is 0 Å².